The Balaban J connectivity index is 1.63. The minimum absolute atomic E-state index is 0.0249. The van der Waals surface area contributed by atoms with Crippen molar-refractivity contribution < 1.29 is 28.9 Å². The molecule has 1 fully saturated rings. The van der Waals surface area contributed by atoms with Gasteiger partial charge in [-0.1, -0.05) is 31.3 Å². The Labute approximate surface area is 237 Å². The van der Waals surface area contributed by atoms with Crippen molar-refractivity contribution >= 4 is 33.9 Å². The van der Waals surface area contributed by atoms with Crippen LogP contribution < -0.4 is 19.1 Å². The Bertz CT molecular complexity index is 1480. The lowest BCUT2D eigenvalue weighted by molar-refractivity contribution is -0.132. The van der Waals surface area contributed by atoms with Gasteiger partial charge in [0.05, 0.1) is 24.8 Å². The summed E-state index contributed by atoms with van der Waals surface area (Å²) in [4.78, 5) is 28.3. The number of fused-ring (bicyclic) bond motifs is 1. The molecule has 0 saturated carbocycles. The number of carbonyl (C=O) groups excluding carboxylic acids is 2. The molecule has 40 heavy (non-hydrogen) atoms. The molecule has 0 aliphatic carbocycles. The maximum Gasteiger partial charge on any atom is 0.301 e. The van der Waals surface area contributed by atoms with E-state index < -0.39 is 17.7 Å². The Morgan fingerprint density at radius 2 is 1.95 bits per heavy atom. The highest BCUT2D eigenvalue weighted by Crippen LogP contribution is 2.45. The second-order valence-corrected chi connectivity index (χ2v) is 11.6. The molecule has 2 atom stereocenters. The monoisotopic (exact) mass is 563 g/mol. The summed E-state index contributed by atoms with van der Waals surface area (Å²) in [5.41, 5.74) is 1.92. The first-order valence-corrected chi connectivity index (χ1v) is 14.3. The van der Waals surface area contributed by atoms with E-state index in [2.05, 4.69) is 24.0 Å². The van der Waals surface area contributed by atoms with Gasteiger partial charge in [-0.3, -0.25) is 14.5 Å². The van der Waals surface area contributed by atoms with E-state index in [9.17, 15) is 14.7 Å². The average Bonchev–Trinajstić information content (AvgIpc) is 3.58. The summed E-state index contributed by atoms with van der Waals surface area (Å²) in [5, 5.41) is 20.7. The summed E-state index contributed by atoms with van der Waals surface area (Å²) in [7, 11) is 0. The van der Waals surface area contributed by atoms with Gasteiger partial charge in [0.2, 0.25) is 5.13 Å². The van der Waals surface area contributed by atoms with Crippen molar-refractivity contribution in [1.82, 2.24) is 10.2 Å². The van der Waals surface area contributed by atoms with Gasteiger partial charge < -0.3 is 19.3 Å². The zero-order valence-corrected chi connectivity index (χ0v) is 24.1. The lowest BCUT2D eigenvalue weighted by atomic mass is 9.94. The molecule has 0 unspecified atom stereocenters. The third-order valence-electron chi connectivity index (χ3n) is 6.87. The first-order chi connectivity index (χ1) is 19.2. The lowest BCUT2D eigenvalue weighted by Crippen LogP contribution is -2.29. The number of amides is 1. The SMILES string of the molecule is CCOc1cc([C@@H]2C(=C(O)c3ccc4c(c3)C[C@H](C)O4)C(=O)C(=O)N2c2nnc(C)s2)ccc1OCCC(C)C. The molecular weight excluding hydrogens is 530 g/mol. The third-order valence-corrected chi connectivity index (χ3v) is 7.71. The van der Waals surface area contributed by atoms with Crippen LogP contribution in [-0.2, 0) is 16.0 Å². The Kier molecular flexibility index (Phi) is 7.80. The van der Waals surface area contributed by atoms with E-state index >= 15 is 0 Å². The number of hydrogen-bond donors (Lipinski definition) is 1. The number of hydrogen-bond acceptors (Lipinski definition) is 9. The number of anilines is 1. The molecule has 9 nitrogen and oxygen atoms in total. The normalized spacial score (nSPS) is 19.7. The number of carbonyl (C=O) groups is 2. The number of nitrogens with zero attached hydrogens (tertiary/aromatic N) is 3. The molecule has 3 aromatic rings. The molecule has 2 aromatic carbocycles. The highest BCUT2D eigenvalue weighted by Gasteiger charge is 2.48. The van der Waals surface area contributed by atoms with Crippen LogP contribution in [0.3, 0.4) is 0 Å². The van der Waals surface area contributed by atoms with Crippen molar-refractivity contribution in [3.8, 4) is 17.2 Å². The smallest absolute Gasteiger partial charge is 0.301 e. The average molecular weight is 564 g/mol. The van der Waals surface area contributed by atoms with Crippen molar-refractivity contribution in [2.75, 3.05) is 18.1 Å². The van der Waals surface area contributed by atoms with Crippen molar-refractivity contribution in [1.29, 1.82) is 0 Å². The minimum atomic E-state index is -0.945. The van der Waals surface area contributed by atoms with Crippen molar-refractivity contribution in [2.24, 2.45) is 5.92 Å². The van der Waals surface area contributed by atoms with E-state index in [0.29, 0.717) is 53.2 Å². The van der Waals surface area contributed by atoms with Crippen molar-refractivity contribution in [3.63, 3.8) is 0 Å². The van der Waals surface area contributed by atoms with Gasteiger partial charge in [-0.2, -0.15) is 0 Å². The van der Waals surface area contributed by atoms with Gasteiger partial charge in [-0.25, -0.2) is 0 Å². The topological polar surface area (TPSA) is 111 Å². The summed E-state index contributed by atoms with van der Waals surface area (Å²) in [6.45, 7) is 10.8. The molecule has 0 spiro atoms. The molecule has 210 valence electrons. The van der Waals surface area contributed by atoms with E-state index in [0.717, 1.165) is 17.7 Å². The van der Waals surface area contributed by atoms with Crippen LogP contribution in [0, 0.1) is 12.8 Å². The van der Waals surface area contributed by atoms with Crippen LogP contribution in [0.1, 0.15) is 61.9 Å². The molecule has 2 aliphatic rings. The molecule has 3 heterocycles. The number of ketones is 1. The molecule has 2 aliphatic heterocycles. The molecule has 1 saturated heterocycles. The van der Waals surface area contributed by atoms with Gasteiger partial charge in [0.25, 0.3) is 5.78 Å². The van der Waals surface area contributed by atoms with Gasteiger partial charge in [-0.15, -0.1) is 10.2 Å². The quantitative estimate of drug-likeness (QED) is 0.203. The van der Waals surface area contributed by atoms with Gasteiger partial charge in [0, 0.05) is 12.0 Å². The van der Waals surface area contributed by atoms with Crippen LogP contribution in [0.4, 0.5) is 5.13 Å². The molecule has 1 amide bonds. The highest BCUT2D eigenvalue weighted by atomic mass is 32.1. The predicted octanol–water partition coefficient (Wildman–Crippen LogP) is 5.62. The standard InChI is InChI=1S/C30H33N3O6S/c1-6-37-24-15-19(7-10-23(24)38-12-11-16(2)3)26-25(28(35)29(36)33(26)30-32-31-18(5)40-30)27(34)20-8-9-22-21(14-20)13-17(4)39-22/h7-10,14-17,26,34H,6,11-13H2,1-5H3/t17-,26+/m0/s1. The Morgan fingerprint density at radius 1 is 1.15 bits per heavy atom. The largest absolute Gasteiger partial charge is 0.507 e. The first-order valence-electron chi connectivity index (χ1n) is 13.5. The zero-order chi connectivity index (χ0) is 28.6. The van der Waals surface area contributed by atoms with Crippen LogP contribution >= 0.6 is 11.3 Å². The van der Waals surface area contributed by atoms with Crippen molar-refractivity contribution in [2.45, 2.75) is 59.6 Å². The first kappa shape index (κ1) is 27.6. The van der Waals surface area contributed by atoms with Crippen molar-refractivity contribution in [3.05, 3.63) is 63.7 Å². The number of ether oxygens (including phenoxy) is 3. The Hall–Kier alpha value is -3.92. The molecule has 5 rings (SSSR count). The number of rotatable bonds is 9. The molecular formula is C30H33N3O6S. The van der Waals surface area contributed by atoms with Crippen LogP contribution in [-0.4, -0.2) is 46.3 Å². The summed E-state index contributed by atoms with van der Waals surface area (Å²) < 4.78 is 17.7. The maximum absolute atomic E-state index is 13.5. The molecule has 1 aromatic heterocycles. The van der Waals surface area contributed by atoms with E-state index in [-0.39, 0.29) is 22.6 Å². The second kappa shape index (κ2) is 11.3. The summed E-state index contributed by atoms with van der Waals surface area (Å²) in [5.74, 6) is 0.462. The Morgan fingerprint density at radius 3 is 2.65 bits per heavy atom. The summed E-state index contributed by atoms with van der Waals surface area (Å²) in [6, 6.07) is 9.67. The predicted molar refractivity (Wildman–Crippen MR) is 152 cm³/mol. The fourth-order valence-corrected chi connectivity index (χ4v) is 5.65. The number of aromatic nitrogens is 2. The lowest BCUT2D eigenvalue weighted by Gasteiger charge is -2.24. The van der Waals surface area contributed by atoms with E-state index in [4.69, 9.17) is 14.2 Å². The van der Waals surface area contributed by atoms with Gasteiger partial charge in [0.15, 0.2) is 11.5 Å². The van der Waals surface area contributed by atoms with Crippen LogP contribution in [0.5, 0.6) is 17.2 Å². The third kappa shape index (κ3) is 5.28. The highest BCUT2D eigenvalue weighted by molar-refractivity contribution is 7.15. The van der Waals surface area contributed by atoms with E-state index in [1.54, 1.807) is 37.3 Å². The van der Waals surface area contributed by atoms with Crippen LogP contribution in [0.15, 0.2) is 42.0 Å². The fourth-order valence-electron chi connectivity index (χ4n) is 4.94. The number of aryl methyl sites for hydroxylation is 1. The molecule has 0 radical (unpaired) electrons. The second-order valence-electron chi connectivity index (χ2n) is 10.4. The van der Waals surface area contributed by atoms with Gasteiger partial charge in [-0.05, 0) is 74.6 Å². The van der Waals surface area contributed by atoms with Gasteiger partial charge >= 0.3 is 5.91 Å². The molecule has 1 N–H and O–H groups in total. The minimum Gasteiger partial charge on any atom is -0.507 e. The van der Waals surface area contributed by atoms with Gasteiger partial charge in [0.1, 0.15) is 22.6 Å². The fraction of sp³-hybridized carbons (Fsp3) is 0.400. The number of Topliss-reactive ketones (excluding diaryl/α,β-unsaturated/α-hetero) is 1. The molecule has 10 heteroatoms. The van der Waals surface area contributed by atoms with Crippen LogP contribution in [0.2, 0.25) is 0 Å². The summed E-state index contributed by atoms with van der Waals surface area (Å²) in [6.07, 6.45) is 1.60. The van der Waals surface area contributed by atoms with E-state index in [1.165, 1.54) is 16.2 Å². The van der Waals surface area contributed by atoms with Crippen LogP contribution in [0.25, 0.3) is 5.76 Å². The van der Waals surface area contributed by atoms with E-state index in [1.807, 2.05) is 19.9 Å². The number of aliphatic hydroxyl groups is 1. The number of benzene rings is 2. The molecule has 0 bridgehead atoms. The zero-order valence-electron chi connectivity index (χ0n) is 23.3. The number of aliphatic hydroxyl groups excluding tert-OH is 1. The maximum atomic E-state index is 13.5. The summed E-state index contributed by atoms with van der Waals surface area (Å²) >= 11 is 1.20.